The minimum absolute atomic E-state index is 0.133. The quantitative estimate of drug-likeness (QED) is 0.720. The molecule has 0 saturated heterocycles. The number of ether oxygens (including phenoxy) is 1. The highest BCUT2D eigenvalue weighted by molar-refractivity contribution is 5.71. The standard InChI is InChI=1S/C12H20N2O2/c1-5-16-12(15)10(4)8-14-7-6-13-11(14)9(2)3/h6-7,9-10H,5,8H2,1-4H3. The molecule has 0 aliphatic carbocycles. The molecular weight excluding hydrogens is 204 g/mol. The summed E-state index contributed by atoms with van der Waals surface area (Å²) in [5.74, 6) is 1.10. The number of carbonyl (C=O) groups is 1. The fraction of sp³-hybridized carbons (Fsp3) is 0.667. The van der Waals surface area contributed by atoms with E-state index in [1.807, 2.05) is 24.6 Å². The number of carbonyl (C=O) groups excluding carboxylic acids is 1. The first-order valence-electron chi connectivity index (χ1n) is 5.73. The highest BCUT2D eigenvalue weighted by Gasteiger charge is 2.16. The van der Waals surface area contributed by atoms with Gasteiger partial charge in [-0.05, 0) is 6.92 Å². The zero-order valence-electron chi connectivity index (χ0n) is 10.4. The Balaban J connectivity index is 2.65. The normalized spacial score (nSPS) is 12.8. The summed E-state index contributed by atoms with van der Waals surface area (Å²) in [6.45, 7) is 8.95. The van der Waals surface area contributed by atoms with Crippen molar-refractivity contribution < 1.29 is 9.53 Å². The molecule has 1 aromatic rings. The summed E-state index contributed by atoms with van der Waals surface area (Å²) in [5.41, 5.74) is 0. The van der Waals surface area contributed by atoms with Crippen LogP contribution >= 0.6 is 0 Å². The average molecular weight is 224 g/mol. The zero-order valence-corrected chi connectivity index (χ0v) is 10.4. The summed E-state index contributed by atoms with van der Waals surface area (Å²) < 4.78 is 7.00. The van der Waals surface area contributed by atoms with E-state index in [-0.39, 0.29) is 11.9 Å². The number of esters is 1. The third-order valence-corrected chi connectivity index (χ3v) is 2.42. The van der Waals surface area contributed by atoms with Gasteiger partial charge in [0.2, 0.25) is 0 Å². The van der Waals surface area contributed by atoms with Gasteiger partial charge in [0.15, 0.2) is 0 Å². The SMILES string of the molecule is CCOC(=O)C(C)Cn1ccnc1C(C)C. The number of nitrogens with zero attached hydrogens (tertiary/aromatic N) is 2. The van der Waals surface area contributed by atoms with Gasteiger partial charge < -0.3 is 9.30 Å². The number of rotatable bonds is 5. The Hall–Kier alpha value is -1.32. The predicted octanol–water partition coefficient (Wildman–Crippen LogP) is 2.21. The lowest BCUT2D eigenvalue weighted by Crippen LogP contribution is -2.21. The molecule has 1 atom stereocenters. The maximum absolute atomic E-state index is 11.5. The van der Waals surface area contributed by atoms with Crippen LogP contribution in [0.25, 0.3) is 0 Å². The van der Waals surface area contributed by atoms with Gasteiger partial charge in [0.25, 0.3) is 0 Å². The van der Waals surface area contributed by atoms with Gasteiger partial charge in [-0.3, -0.25) is 4.79 Å². The van der Waals surface area contributed by atoms with Crippen molar-refractivity contribution in [3.63, 3.8) is 0 Å². The Labute approximate surface area is 96.6 Å². The summed E-state index contributed by atoms with van der Waals surface area (Å²) in [5, 5.41) is 0. The van der Waals surface area contributed by atoms with Crippen LogP contribution in [0.2, 0.25) is 0 Å². The van der Waals surface area contributed by atoms with Crippen molar-refractivity contribution in [2.45, 2.75) is 40.2 Å². The minimum Gasteiger partial charge on any atom is -0.466 e. The molecule has 0 saturated carbocycles. The Morgan fingerprint density at radius 2 is 2.19 bits per heavy atom. The lowest BCUT2D eigenvalue weighted by atomic mass is 10.1. The highest BCUT2D eigenvalue weighted by atomic mass is 16.5. The molecule has 4 heteroatoms. The van der Waals surface area contributed by atoms with Crippen molar-refractivity contribution in [1.82, 2.24) is 9.55 Å². The van der Waals surface area contributed by atoms with E-state index in [1.54, 1.807) is 6.20 Å². The predicted molar refractivity (Wildman–Crippen MR) is 62.1 cm³/mol. The molecule has 0 bridgehead atoms. The lowest BCUT2D eigenvalue weighted by Gasteiger charge is -2.14. The Kier molecular flexibility index (Phi) is 4.52. The number of hydrogen-bond donors (Lipinski definition) is 0. The average Bonchev–Trinajstić information content (AvgIpc) is 2.66. The molecule has 1 heterocycles. The zero-order chi connectivity index (χ0) is 12.1. The second-order valence-corrected chi connectivity index (χ2v) is 4.25. The van der Waals surface area contributed by atoms with Crippen LogP contribution < -0.4 is 0 Å². The van der Waals surface area contributed by atoms with Crippen LogP contribution in [-0.4, -0.2) is 22.1 Å². The molecule has 90 valence electrons. The lowest BCUT2D eigenvalue weighted by molar-refractivity contribution is -0.147. The van der Waals surface area contributed by atoms with Crippen molar-refractivity contribution in [2.75, 3.05) is 6.61 Å². The second-order valence-electron chi connectivity index (χ2n) is 4.25. The summed E-state index contributed by atoms with van der Waals surface area (Å²) in [6.07, 6.45) is 3.68. The van der Waals surface area contributed by atoms with E-state index in [1.165, 1.54) is 0 Å². The van der Waals surface area contributed by atoms with Crippen molar-refractivity contribution in [3.05, 3.63) is 18.2 Å². The first kappa shape index (κ1) is 12.7. The molecular formula is C12H20N2O2. The van der Waals surface area contributed by atoms with Crippen LogP contribution in [0.3, 0.4) is 0 Å². The summed E-state index contributed by atoms with van der Waals surface area (Å²) in [6, 6.07) is 0. The first-order valence-corrected chi connectivity index (χ1v) is 5.73. The summed E-state index contributed by atoms with van der Waals surface area (Å²) in [7, 11) is 0. The number of aromatic nitrogens is 2. The molecule has 0 aliphatic heterocycles. The van der Waals surface area contributed by atoms with Crippen LogP contribution in [0, 0.1) is 5.92 Å². The van der Waals surface area contributed by atoms with Crippen molar-refractivity contribution >= 4 is 5.97 Å². The molecule has 0 aliphatic rings. The molecule has 1 unspecified atom stereocenters. The van der Waals surface area contributed by atoms with E-state index < -0.39 is 0 Å². The Morgan fingerprint density at radius 3 is 2.75 bits per heavy atom. The molecule has 16 heavy (non-hydrogen) atoms. The maximum Gasteiger partial charge on any atom is 0.310 e. The molecule has 1 rings (SSSR count). The fourth-order valence-corrected chi connectivity index (χ4v) is 1.63. The van der Waals surface area contributed by atoms with E-state index in [0.29, 0.717) is 19.1 Å². The summed E-state index contributed by atoms with van der Waals surface area (Å²) >= 11 is 0. The van der Waals surface area contributed by atoms with Crippen LogP contribution in [0.1, 0.15) is 39.4 Å². The highest BCUT2D eigenvalue weighted by Crippen LogP contribution is 2.14. The van der Waals surface area contributed by atoms with Gasteiger partial charge >= 0.3 is 5.97 Å². The van der Waals surface area contributed by atoms with E-state index in [0.717, 1.165) is 5.82 Å². The summed E-state index contributed by atoms with van der Waals surface area (Å²) in [4.78, 5) is 15.8. The van der Waals surface area contributed by atoms with Gasteiger partial charge in [0.05, 0.1) is 12.5 Å². The number of imidazole rings is 1. The van der Waals surface area contributed by atoms with E-state index in [9.17, 15) is 4.79 Å². The maximum atomic E-state index is 11.5. The Bertz CT molecular complexity index is 345. The smallest absolute Gasteiger partial charge is 0.310 e. The van der Waals surface area contributed by atoms with Gasteiger partial charge in [-0.25, -0.2) is 4.98 Å². The van der Waals surface area contributed by atoms with Crippen LogP contribution in [0.5, 0.6) is 0 Å². The fourth-order valence-electron chi connectivity index (χ4n) is 1.63. The largest absolute Gasteiger partial charge is 0.466 e. The van der Waals surface area contributed by atoms with Crippen molar-refractivity contribution in [2.24, 2.45) is 5.92 Å². The van der Waals surface area contributed by atoms with Gasteiger partial charge in [-0.1, -0.05) is 20.8 Å². The molecule has 0 fully saturated rings. The van der Waals surface area contributed by atoms with Crippen molar-refractivity contribution in [3.8, 4) is 0 Å². The van der Waals surface area contributed by atoms with Gasteiger partial charge in [0.1, 0.15) is 5.82 Å². The molecule has 1 aromatic heterocycles. The van der Waals surface area contributed by atoms with Gasteiger partial charge in [-0.15, -0.1) is 0 Å². The molecule has 0 radical (unpaired) electrons. The van der Waals surface area contributed by atoms with Crippen LogP contribution in [-0.2, 0) is 16.1 Å². The minimum atomic E-state index is -0.147. The van der Waals surface area contributed by atoms with E-state index >= 15 is 0 Å². The third-order valence-electron chi connectivity index (χ3n) is 2.42. The second kappa shape index (κ2) is 5.68. The third kappa shape index (κ3) is 3.08. The molecule has 0 amide bonds. The monoisotopic (exact) mass is 224 g/mol. The van der Waals surface area contributed by atoms with Gasteiger partial charge in [-0.2, -0.15) is 0 Å². The number of hydrogen-bond acceptors (Lipinski definition) is 3. The molecule has 0 spiro atoms. The van der Waals surface area contributed by atoms with Crippen LogP contribution in [0.15, 0.2) is 12.4 Å². The van der Waals surface area contributed by atoms with E-state index in [2.05, 4.69) is 18.8 Å². The Morgan fingerprint density at radius 1 is 1.50 bits per heavy atom. The van der Waals surface area contributed by atoms with Crippen LogP contribution in [0.4, 0.5) is 0 Å². The molecule has 0 N–H and O–H groups in total. The first-order chi connectivity index (χ1) is 7.56. The molecule has 4 nitrogen and oxygen atoms in total. The van der Waals surface area contributed by atoms with Gasteiger partial charge in [0, 0.05) is 24.9 Å². The van der Waals surface area contributed by atoms with E-state index in [4.69, 9.17) is 4.74 Å². The van der Waals surface area contributed by atoms with Crippen molar-refractivity contribution in [1.29, 1.82) is 0 Å². The topological polar surface area (TPSA) is 44.1 Å². The molecule has 0 aromatic carbocycles.